The largest absolute Gasteiger partial charge is 0.326 e. The lowest BCUT2D eigenvalue weighted by Crippen LogP contribution is -2.32. The second-order valence-corrected chi connectivity index (χ2v) is 10.7. The molecule has 8 nitrogen and oxygen atoms in total. The number of sulfonamides is 1. The zero-order valence-electron chi connectivity index (χ0n) is 17.6. The third-order valence-corrected chi connectivity index (χ3v) is 8.06. The number of hydrogen-bond donors (Lipinski definition) is 2. The van der Waals surface area contributed by atoms with Crippen LogP contribution in [0.5, 0.6) is 0 Å². The van der Waals surface area contributed by atoms with Crippen LogP contribution in [0, 0.1) is 0 Å². The number of nitrogens with zero attached hydrogens (tertiary/aromatic N) is 2. The summed E-state index contributed by atoms with van der Waals surface area (Å²) in [5.74, 6) is -0.601. The third kappa shape index (κ3) is 4.98. The van der Waals surface area contributed by atoms with Crippen LogP contribution in [-0.4, -0.2) is 42.6 Å². The molecule has 1 aliphatic heterocycles. The maximum atomic E-state index is 13.1. The molecule has 3 aromatic rings. The van der Waals surface area contributed by atoms with Gasteiger partial charge in [0.2, 0.25) is 15.9 Å². The summed E-state index contributed by atoms with van der Waals surface area (Å²) >= 11 is 1.28. The molecule has 1 aliphatic rings. The standard InChI is InChI=1S/C22H24N4O4S2/c1-15(27)23-17-9-10-19-20(14-17)31-22(24-19)25-21(28)16-7-6-8-18(13-16)32(29,30)26-11-4-2-3-5-12-26/h6-10,13-14H,2-5,11-12H2,1H3,(H,23,27)(H,24,25,28). The van der Waals surface area contributed by atoms with Gasteiger partial charge in [0.1, 0.15) is 0 Å². The van der Waals surface area contributed by atoms with E-state index in [1.807, 2.05) is 0 Å². The van der Waals surface area contributed by atoms with Crippen molar-refractivity contribution in [2.24, 2.45) is 0 Å². The normalized spacial score (nSPS) is 15.3. The van der Waals surface area contributed by atoms with Crippen LogP contribution >= 0.6 is 11.3 Å². The summed E-state index contributed by atoms with van der Waals surface area (Å²) in [5.41, 5.74) is 1.59. The molecule has 10 heteroatoms. The number of fused-ring (bicyclic) bond motifs is 1. The first-order valence-corrected chi connectivity index (χ1v) is 12.7. The Balaban J connectivity index is 1.53. The quantitative estimate of drug-likeness (QED) is 0.582. The van der Waals surface area contributed by atoms with Crippen molar-refractivity contribution in [3.8, 4) is 0 Å². The summed E-state index contributed by atoms with van der Waals surface area (Å²) < 4.78 is 28.4. The molecule has 2 heterocycles. The van der Waals surface area contributed by atoms with Crippen LogP contribution < -0.4 is 10.6 Å². The van der Waals surface area contributed by atoms with Gasteiger partial charge in [-0.3, -0.25) is 14.9 Å². The fourth-order valence-electron chi connectivity index (χ4n) is 3.66. The summed E-state index contributed by atoms with van der Waals surface area (Å²) in [6, 6.07) is 11.4. The molecule has 0 unspecified atom stereocenters. The van der Waals surface area contributed by atoms with Gasteiger partial charge < -0.3 is 5.32 Å². The molecule has 2 N–H and O–H groups in total. The van der Waals surface area contributed by atoms with Crippen LogP contribution in [0.2, 0.25) is 0 Å². The predicted molar refractivity (Wildman–Crippen MR) is 126 cm³/mol. The summed E-state index contributed by atoms with van der Waals surface area (Å²) in [7, 11) is -3.64. The van der Waals surface area contributed by atoms with Crippen LogP contribution in [0.3, 0.4) is 0 Å². The highest BCUT2D eigenvalue weighted by molar-refractivity contribution is 7.89. The van der Waals surface area contributed by atoms with E-state index in [1.165, 1.54) is 34.7 Å². The number of amides is 2. The van der Waals surface area contributed by atoms with Crippen LogP contribution in [0.15, 0.2) is 47.4 Å². The number of thiazole rings is 1. The van der Waals surface area contributed by atoms with E-state index < -0.39 is 15.9 Å². The Kier molecular flexibility index (Phi) is 6.54. The molecule has 0 radical (unpaired) electrons. The van der Waals surface area contributed by atoms with E-state index in [9.17, 15) is 18.0 Å². The molecule has 0 atom stereocenters. The van der Waals surface area contributed by atoms with Crippen molar-refractivity contribution < 1.29 is 18.0 Å². The Morgan fingerprint density at radius 1 is 1.00 bits per heavy atom. The van der Waals surface area contributed by atoms with Crippen LogP contribution in [0.25, 0.3) is 10.2 Å². The molecule has 0 saturated carbocycles. The van der Waals surface area contributed by atoms with Crippen molar-refractivity contribution in [3.63, 3.8) is 0 Å². The fourth-order valence-corrected chi connectivity index (χ4v) is 6.12. The molecule has 0 bridgehead atoms. The van der Waals surface area contributed by atoms with Crippen LogP contribution in [0.4, 0.5) is 10.8 Å². The Labute approximate surface area is 190 Å². The second kappa shape index (κ2) is 9.35. The first-order chi connectivity index (χ1) is 15.3. The first-order valence-electron chi connectivity index (χ1n) is 10.4. The van der Waals surface area contributed by atoms with Gasteiger partial charge in [-0.15, -0.1) is 0 Å². The van der Waals surface area contributed by atoms with E-state index in [4.69, 9.17) is 0 Å². The number of carbonyl (C=O) groups is 2. The smallest absolute Gasteiger partial charge is 0.257 e. The van der Waals surface area contributed by atoms with Crippen LogP contribution in [-0.2, 0) is 14.8 Å². The Morgan fingerprint density at radius 3 is 2.47 bits per heavy atom. The highest BCUT2D eigenvalue weighted by Gasteiger charge is 2.26. The van der Waals surface area contributed by atoms with Crippen molar-refractivity contribution in [2.45, 2.75) is 37.5 Å². The van der Waals surface area contributed by atoms with Crippen molar-refractivity contribution in [2.75, 3.05) is 23.7 Å². The lowest BCUT2D eigenvalue weighted by molar-refractivity contribution is -0.114. The number of hydrogen-bond acceptors (Lipinski definition) is 6. The van der Waals surface area contributed by atoms with Gasteiger partial charge in [0.25, 0.3) is 5.91 Å². The molecule has 2 aromatic carbocycles. The average molecular weight is 473 g/mol. The van der Waals surface area contributed by atoms with Gasteiger partial charge in [-0.1, -0.05) is 30.2 Å². The zero-order chi connectivity index (χ0) is 22.7. The van der Waals surface area contributed by atoms with Crippen molar-refractivity contribution in [3.05, 3.63) is 48.0 Å². The van der Waals surface area contributed by atoms with Gasteiger partial charge in [-0.2, -0.15) is 4.31 Å². The monoisotopic (exact) mass is 472 g/mol. The minimum Gasteiger partial charge on any atom is -0.326 e. The fraction of sp³-hybridized carbons (Fsp3) is 0.318. The molecule has 32 heavy (non-hydrogen) atoms. The maximum absolute atomic E-state index is 13.1. The lowest BCUT2D eigenvalue weighted by atomic mass is 10.2. The SMILES string of the molecule is CC(=O)Nc1ccc2nc(NC(=O)c3cccc(S(=O)(=O)N4CCCCCC4)c3)sc2c1. The van der Waals surface area contributed by atoms with Gasteiger partial charge >= 0.3 is 0 Å². The Bertz CT molecular complexity index is 1260. The summed E-state index contributed by atoms with van der Waals surface area (Å²) in [4.78, 5) is 28.6. The lowest BCUT2D eigenvalue weighted by Gasteiger charge is -2.20. The van der Waals surface area contributed by atoms with E-state index in [-0.39, 0.29) is 16.4 Å². The topological polar surface area (TPSA) is 108 Å². The molecule has 1 saturated heterocycles. The van der Waals surface area contributed by atoms with Gasteiger partial charge in [0.15, 0.2) is 5.13 Å². The van der Waals surface area contributed by atoms with Crippen molar-refractivity contribution in [1.29, 1.82) is 0 Å². The van der Waals surface area contributed by atoms with Gasteiger partial charge in [0, 0.05) is 31.3 Å². The number of benzene rings is 2. The van der Waals surface area contributed by atoms with E-state index >= 15 is 0 Å². The number of nitrogens with one attached hydrogen (secondary N) is 2. The second-order valence-electron chi connectivity index (χ2n) is 7.68. The number of aromatic nitrogens is 1. The maximum Gasteiger partial charge on any atom is 0.257 e. The molecule has 1 fully saturated rings. The van der Waals surface area contributed by atoms with E-state index in [0.717, 1.165) is 30.4 Å². The molecule has 0 aliphatic carbocycles. The molecule has 0 spiro atoms. The Morgan fingerprint density at radius 2 is 1.75 bits per heavy atom. The number of anilines is 2. The minimum atomic E-state index is -3.64. The molecule has 2 amide bonds. The molecule has 1 aromatic heterocycles. The predicted octanol–water partition coefficient (Wildman–Crippen LogP) is 4.07. The molecule has 168 valence electrons. The third-order valence-electron chi connectivity index (χ3n) is 5.23. The summed E-state index contributed by atoms with van der Waals surface area (Å²) in [6.07, 6.45) is 3.76. The van der Waals surface area contributed by atoms with Gasteiger partial charge in [-0.25, -0.2) is 13.4 Å². The average Bonchev–Trinajstić information content (AvgIpc) is 2.96. The highest BCUT2D eigenvalue weighted by Crippen LogP contribution is 2.29. The van der Waals surface area contributed by atoms with Crippen molar-refractivity contribution >= 4 is 54.2 Å². The van der Waals surface area contributed by atoms with E-state index in [0.29, 0.717) is 29.4 Å². The highest BCUT2D eigenvalue weighted by atomic mass is 32.2. The van der Waals surface area contributed by atoms with E-state index in [2.05, 4.69) is 15.6 Å². The number of carbonyl (C=O) groups excluding carboxylic acids is 2. The van der Waals surface area contributed by atoms with E-state index in [1.54, 1.807) is 30.3 Å². The van der Waals surface area contributed by atoms with Gasteiger partial charge in [-0.05, 0) is 49.2 Å². The summed E-state index contributed by atoms with van der Waals surface area (Å²) in [5, 5.41) is 5.86. The van der Waals surface area contributed by atoms with Crippen LogP contribution in [0.1, 0.15) is 43.0 Å². The molecular formula is C22H24N4O4S2. The Hall–Kier alpha value is -2.82. The minimum absolute atomic E-state index is 0.122. The zero-order valence-corrected chi connectivity index (χ0v) is 19.3. The first kappa shape index (κ1) is 22.4. The summed E-state index contributed by atoms with van der Waals surface area (Å²) in [6.45, 7) is 2.44. The van der Waals surface area contributed by atoms with Gasteiger partial charge in [0.05, 0.1) is 15.1 Å². The number of rotatable bonds is 5. The molecular weight excluding hydrogens is 448 g/mol. The van der Waals surface area contributed by atoms with Crippen molar-refractivity contribution in [1.82, 2.24) is 9.29 Å². The molecule has 4 rings (SSSR count).